The zero-order valence-corrected chi connectivity index (χ0v) is 16.7. The highest BCUT2D eigenvalue weighted by atomic mass is 79.9. The molecular formula is C20H18BrN3OS. The molecule has 0 saturated carbocycles. The first-order valence-corrected chi connectivity index (χ1v) is 10.2. The van der Waals surface area contributed by atoms with E-state index in [2.05, 4.69) is 57.0 Å². The van der Waals surface area contributed by atoms with E-state index in [0.29, 0.717) is 12.1 Å². The number of nitrogens with zero attached hydrogens (tertiary/aromatic N) is 2. The number of hydrogen-bond acceptors (Lipinski definition) is 3. The Morgan fingerprint density at radius 2 is 1.92 bits per heavy atom. The first-order valence-electron chi connectivity index (χ1n) is 8.45. The van der Waals surface area contributed by atoms with E-state index in [1.807, 2.05) is 24.3 Å². The molecule has 2 heterocycles. The normalized spacial score (nSPS) is 12.8. The van der Waals surface area contributed by atoms with Crippen molar-refractivity contribution >= 4 is 33.6 Å². The lowest BCUT2D eigenvalue weighted by Crippen LogP contribution is -2.24. The fourth-order valence-corrected chi connectivity index (χ4v) is 4.26. The maximum absolute atomic E-state index is 12.5. The van der Waals surface area contributed by atoms with Crippen LogP contribution in [0, 0.1) is 6.92 Å². The number of fused-ring (bicyclic) bond motifs is 1. The highest BCUT2D eigenvalue weighted by Crippen LogP contribution is 2.33. The van der Waals surface area contributed by atoms with Crippen LogP contribution in [0.4, 0.5) is 0 Å². The predicted octanol–water partition coefficient (Wildman–Crippen LogP) is 4.66. The van der Waals surface area contributed by atoms with Gasteiger partial charge in [-0.25, -0.2) is 4.98 Å². The largest absolute Gasteiger partial charge is 0.346 e. The summed E-state index contributed by atoms with van der Waals surface area (Å²) in [6, 6.07) is 15.8. The number of thioether (sulfide) groups is 1. The Hall–Kier alpha value is -2.05. The van der Waals surface area contributed by atoms with Gasteiger partial charge in [-0.15, -0.1) is 0 Å². The van der Waals surface area contributed by atoms with Gasteiger partial charge in [-0.1, -0.05) is 57.5 Å². The van der Waals surface area contributed by atoms with E-state index < -0.39 is 0 Å². The molecule has 0 bridgehead atoms. The van der Waals surface area contributed by atoms with E-state index in [-0.39, 0.29) is 5.91 Å². The molecule has 0 aliphatic carbocycles. The summed E-state index contributed by atoms with van der Waals surface area (Å²) in [6.45, 7) is 3.47. The number of imidazole rings is 1. The molecule has 0 fully saturated rings. The highest BCUT2D eigenvalue weighted by molar-refractivity contribution is 9.10. The summed E-state index contributed by atoms with van der Waals surface area (Å²) in [6.07, 6.45) is 0. The average Bonchev–Trinajstić information content (AvgIpc) is 3.22. The Labute approximate surface area is 165 Å². The van der Waals surface area contributed by atoms with E-state index in [4.69, 9.17) is 4.98 Å². The van der Waals surface area contributed by atoms with Crippen molar-refractivity contribution in [1.29, 1.82) is 0 Å². The molecule has 2 aromatic carbocycles. The summed E-state index contributed by atoms with van der Waals surface area (Å²) < 4.78 is 3.18. The number of aromatic nitrogens is 2. The molecule has 3 aromatic rings. The lowest BCUT2D eigenvalue weighted by Gasteiger charge is -2.10. The maximum atomic E-state index is 12.5. The third-order valence-electron chi connectivity index (χ3n) is 4.43. The van der Waals surface area contributed by atoms with Gasteiger partial charge >= 0.3 is 0 Å². The van der Waals surface area contributed by atoms with Gasteiger partial charge in [-0.05, 0) is 31.2 Å². The van der Waals surface area contributed by atoms with Gasteiger partial charge < -0.3 is 9.88 Å². The minimum Gasteiger partial charge on any atom is -0.346 e. The molecule has 1 N–H and O–H groups in total. The molecule has 1 amide bonds. The molecule has 0 unspecified atom stereocenters. The second kappa shape index (κ2) is 7.29. The number of rotatable bonds is 4. The Bertz CT molecular complexity index is 948. The van der Waals surface area contributed by atoms with Gasteiger partial charge in [0.2, 0.25) is 0 Å². The number of carbonyl (C=O) groups is 1. The predicted molar refractivity (Wildman–Crippen MR) is 108 cm³/mol. The molecular weight excluding hydrogens is 410 g/mol. The van der Waals surface area contributed by atoms with E-state index >= 15 is 0 Å². The summed E-state index contributed by atoms with van der Waals surface area (Å²) in [5.74, 6) is 0.957. The van der Waals surface area contributed by atoms with Gasteiger partial charge in [0.1, 0.15) is 0 Å². The highest BCUT2D eigenvalue weighted by Gasteiger charge is 2.23. The van der Waals surface area contributed by atoms with Crippen LogP contribution >= 0.6 is 27.7 Å². The maximum Gasteiger partial charge on any atom is 0.251 e. The molecule has 0 saturated heterocycles. The SMILES string of the molecule is Cc1ccc(-c2nc3n(c2CNC(=O)c2ccc(Br)cc2)CCS3)cc1. The molecule has 0 atom stereocenters. The quantitative estimate of drug-likeness (QED) is 0.658. The van der Waals surface area contributed by atoms with Gasteiger partial charge in [0.15, 0.2) is 5.16 Å². The van der Waals surface area contributed by atoms with Crippen LogP contribution in [-0.4, -0.2) is 21.2 Å². The number of hydrogen-bond donors (Lipinski definition) is 1. The molecule has 1 aromatic heterocycles. The zero-order chi connectivity index (χ0) is 18.1. The Kier molecular flexibility index (Phi) is 4.87. The van der Waals surface area contributed by atoms with Crippen LogP contribution in [0.5, 0.6) is 0 Å². The van der Waals surface area contributed by atoms with E-state index in [0.717, 1.165) is 38.9 Å². The summed E-state index contributed by atoms with van der Waals surface area (Å²) >= 11 is 5.16. The summed E-state index contributed by atoms with van der Waals surface area (Å²) in [5, 5.41) is 4.08. The van der Waals surface area contributed by atoms with Gasteiger partial charge in [-0.3, -0.25) is 4.79 Å². The molecule has 1 aliphatic heterocycles. The fraction of sp³-hybridized carbons (Fsp3) is 0.200. The minimum atomic E-state index is -0.0754. The van der Waals surface area contributed by atoms with Gasteiger partial charge in [0.05, 0.1) is 17.9 Å². The second-order valence-electron chi connectivity index (χ2n) is 6.25. The van der Waals surface area contributed by atoms with Crippen molar-refractivity contribution in [2.75, 3.05) is 5.75 Å². The third-order valence-corrected chi connectivity index (χ3v) is 5.92. The second-order valence-corrected chi connectivity index (χ2v) is 8.22. The minimum absolute atomic E-state index is 0.0754. The molecule has 132 valence electrons. The van der Waals surface area contributed by atoms with Gasteiger partial charge in [0, 0.05) is 27.9 Å². The van der Waals surface area contributed by atoms with Crippen molar-refractivity contribution in [3.63, 3.8) is 0 Å². The average molecular weight is 428 g/mol. The Morgan fingerprint density at radius 3 is 2.65 bits per heavy atom. The zero-order valence-electron chi connectivity index (χ0n) is 14.3. The molecule has 4 nitrogen and oxygen atoms in total. The van der Waals surface area contributed by atoms with E-state index in [9.17, 15) is 4.79 Å². The van der Waals surface area contributed by atoms with Gasteiger partial charge in [-0.2, -0.15) is 0 Å². The number of nitrogens with one attached hydrogen (secondary N) is 1. The first-order chi connectivity index (χ1) is 12.6. The van der Waals surface area contributed by atoms with Crippen molar-refractivity contribution in [3.8, 4) is 11.3 Å². The molecule has 6 heteroatoms. The van der Waals surface area contributed by atoms with Crippen molar-refractivity contribution < 1.29 is 4.79 Å². The summed E-state index contributed by atoms with van der Waals surface area (Å²) in [4.78, 5) is 17.3. The summed E-state index contributed by atoms with van der Waals surface area (Å²) in [7, 11) is 0. The summed E-state index contributed by atoms with van der Waals surface area (Å²) in [5.41, 5.74) is 4.99. The fourth-order valence-electron chi connectivity index (χ4n) is 3.02. The lowest BCUT2D eigenvalue weighted by atomic mass is 10.1. The van der Waals surface area contributed by atoms with Crippen LogP contribution in [0.15, 0.2) is 58.2 Å². The van der Waals surface area contributed by atoms with Crippen molar-refractivity contribution in [2.24, 2.45) is 0 Å². The number of halogens is 1. The Morgan fingerprint density at radius 1 is 1.19 bits per heavy atom. The topological polar surface area (TPSA) is 46.9 Å². The number of carbonyl (C=O) groups excluding carboxylic acids is 1. The monoisotopic (exact) mass is 427 g/mol. The lowest BCUT2D eigenvalue weighted by molar-refractivity contribution is 0.0950. The van der Waals surface area contributed by atoms with Crippen molar-refractivity contribution in [3.05, 3.63) is 69.8 Å². The van der Waals surface area contributed by atoms with Crippen LogP contribution in [0.2, 0.25) is 0 Å². The van der Waals surface area contributed by atoms with Crippen molar-refractivity contribution in [2.45, 2.75) is 25.2 Å². The van der Waals surface area contributed by atoms with Crippen LogP contribution in [0.25, 0.3) is 11.3 Å². The van der Waals surface area contributed by atoms with Crippen LogP contribution in [-0.2, 0) is 13.1 Å². The molecule has 0 radical (unpaired) electrons. The molecule has 26 heavy (non-hydrogen) atoms. The standard InChI is InChI=1S/C20H18BrN3OS/c1-13-2-4-14(5-3-13)18-17(24-10-11-26-20(24)23-18)12-22-19(25)15-6-8-16(21)9-7-15/h2-9H,10-12H2,1H3,(H,22,25). The van der Waals surface area contributed by atoms with Crippen LogP contribution in [0.1, 0.15) is 21.6 Å². The Balaban J connectivity index is 1.60. The third kappa shape index (κ3) is 3.44. The smallest absolute Gasteiger partial charge is 0.251 e. The number of benzene rings is 2. The van der Waals surface area contributed by atoms with Crippen molar-refractivity contribution in [1.82, 2.24) is 14.9 Å². The van der Waals surface area contributed by atoms with E-state index in [1.165, 1.54) is 5.56 Å². The number of aryl methyl sites for hydroxylation is 1. The van der Waals surface area contributed by atoms with Crippen LogP contribution in [0.3, 0.4) is 0 Å². The molecule has 1 aliphatic rings. The molecule has 4 rings (SSSR count). The first kappa shape index (κ1) is 17.4. The van der Waals surface area contributed by atoms with Gasteiger partial charge in [0.25, 0.3) is 5.91 Å². The molecule has 0 spiro atoms. The van der Waals surface area contributed by atoms with E-state index in [1.54, 1.807) is 11.8 Å². The number of amides is 1. The van der Waals surface area contributed by atoms with Crippen LogP contribution < -0.4 is 5.32 Å².